The number of H-pyrrole nitrogens is 2. The van der Waals surface area contributed by atoms with Gasteiger partial charge in [-0.25, -0.2) is 4.79 Å². The molecule has 0 saturated carbocycles. The van der Waals surface area contributed by atoms with Crippen LogP contribution >= 0.6 is 0 Å². The quantitative estimate of drug-likeness (QED) is 0.567. The van der Waals surface area contributed by atoms with Crippen LogP contribution in [0.5, 0.6) is 0 Å². The molecule has 0 fully saturated rings. The van der Waals surface area contributed by atoms with Crippen LogP contribution in [0.25, 0.3) is 11.1 Å². The molecular formula is C20H18N4O3. The van der Waals surface area contributed by atoms with Crippen molar-refractivity contribution in [3.63, 3.8) is 0 Å². The van der Waals surface area contributed by atoms with Crippen molar-refractivity contribution in [2.45, 2.75) is 18.9 Å². The van der Waals surface area contributed by atoms with Crippen molar-refractivity contribution in [3.05, 3.63) is 86.2 Å². The van der Waals surface area contributed by atoms with Gasteiger partial charge in [0.2, 0.25) is 0 Å². The normalized spacial score (nSPS) is 15.3. The number of nitrogen functional groups attached to an aromatic ring is 1. The molecule has 1 amide bonds. The van der Waals surface area contributed by atoms with Crippen LogP contribution < -0.4 is 22.3 Å². The van der Waals surface area contributed by atoms with Crippen molar-refractivity contribution in [2.24, 2.45) is 0 Å². The van der Waals surface area contributed by atoms with Gasteiger partial charge in [-0.05, 0) is 35.1 Å². The van der Waals surface area contributed by atoms with Gasteiger partial charge < -0.3 is 16.0 Å². The third-order valence-electron chi connectivity index (χ3n) is 4.87. The number of anilines is 1. The fraction of sp³-hybridized carbons (Fsp3) is 0.150. The molecule has 1 aliphatic rings. The van der Waals surface area contributed by atoms with Crippen LogP contribution in [0, 0.1) is 0 Å². The van der Waals surface area contributed by atoms with E-state index in [1.54, 1.807) is 0 Å². The number of carbonyl (C=O) groups is 1. The summed E-state index contributed by atoms with van der Waals surface area (Å²) in [5, 5.41) is 2.88. The van der Waals surface area contributed by atoms with E-state index in [1.807, 2.05) is 35.3 Å². The van der Waals surface area contributed by atoms with Crippen LogP contribution in [-0.2, 0) is 6.42 Å². The predicted octanol–water partition coefficient (Wildman–Crippen LogP) is 1.73. The number of nitrogens with one attached hydrogen (secondary N) is 3. The van der Waals surface area contributed by atoms with Gasteiger partial charge in [-0.15, -0.1) is 0 Å². The number of hydrogen-bond acceptors (Lipinski definition) is 4. The van der Waals surface area contributed by atoms with E-state index in [4.69, 9.17) is 5.73 Å². The zero-order chi connectivity index (χ0) is 19.0. The molecule has 1 aromatic heterocycles. The first-order valence-corrected chi connectivity index (χ1v) is 8.64. The first kappa shape index (κ1) is 16.8. The number of hydrogen-bond donors (Lipinski definition) is 4. The van der Waals surface area contributed by atoms with Crippen LogP contribution in [-0.4, -0.2) is 15.9 Å². The molecule has 136 valence electrons. The minimum atomic E-state index is -0.776. The Balaban J connectivity index is 1.66. The van der Waals surface area contributed by atoms with Crippen molar-refractivity contribution >= 4 is 11.6 Å². The maximum atomic E-state index is 12.6. The van der Waals surface area contributed by atoms with Crippen LogP contribution in [0.3, 0.4) is 0 Å². The van der Waals surface area contributed by atoms with Gasteiger partial charge in [0, 0.05) is 0 Å². The zero-order valence-electron chi connectivity index (χ0n) is 14.4. The van der Waals surface area contributed by atoms with Crippen molar-refractivity contribution in [3.8, 4) is 11.1 Å². The molecule has 5 N–H and O–H groups in total. The van der Waals surface area contributed by atoms with Crippen molar-refractivity contribution in [2.75, 3.05) is 5.73 Å². The van der Waals surface area contributed by atoms with Crippen molar-refractivity contribution < 1.29 is 4.79 Å². The monoisotopic (exact) mass is 362 g/mol. The minimum absolute atomic E-state index is 0.210. The molecule has 1 heterocycles. The van der Waals surface area contributed by atoms with Gasteiger partial charge in [-0.3, -0.25) is 14.6 Å². The lowest BCUT2D eigenvalue weighted by molar-refractivity contribution is 0.0932. The molecule has 2 aromatic carbocycles. The topological polar surface area (TPSA) is 121 Å². The summed E-state index contributed by atoms with van der Waals surface area (Å²) in [6, 6.07) is 15.9. The number of aromatic amines is 2. The Kier molecular flexibility index (Phi) is 4.12. The Bertz CT molecular complexity index is 1130. The lowest BCUT2D eigenvalue weighted by Gasteiger charge is -2.15. The van der Waals surface area contributed by atoms with Gasteiger partial charge in [0.1, 0.15) is 11.4 Å². The van der Waals surface area contributed by atoms with E-state index < -0.39 is 17.2 Å². The summed E-state index contributed by atoms with van der Waals surface area (Å²) in [7, 11) is 0. The molecule has 0 aliphatic heterocycles. The van der Waals surface area contributed by atoms with E-state index in [2.05, 4.69) is 28.5 Å². The van der Waals surface area contributed by atoms with Gasteiger partial charge in [0.15, 0.2) is 0 Å². The van der Waals surface area contributed by atoms with E-state index in [-0.39, 0.29) is 17.4 Å². The molecule has 1 aliphatic carbocycles. The standard InChI is InChI=1S/C20H18N4O3/c21-16-17(23-20(27)24-18(16)25)19(26)22-15-10-9-13-12(7-4-8-14(13)15)11-5-2-1-3-6-11/h1-8,15H,9-10,21H2,(H,22,26)(H2,23,24,25,27). The lowest BCUT2D eigenvalue weighted by Crippen LogP contribution is -2.34. The lowest BCUT2D eigenvalue weighted by atomic mass is 9.96. The maximum Gasteiger partial charge on any atom is 0.326 e. The number of carbonyl (C=O) groups excluding carboxylic acids is 1. The fourth-order valence-electron chi connectivity index (χ4n) is 3.60. The van der Waals surface area contributed by atoms with Gasteiger partial charge in [-0.2, -0.15) is 0 Å². The first-order chi connectivity index (χ1) is 13.0. The summed E-state index contributed by atoms with van der Waals surface area (Å²) in [4.78, 5) is 40.0. The number of aromatic nitrogens is 2. The van der Waals surface area contributed by atoms with Crippen LogP contribution in [0.15, 0.2) is 58.1 Å². The number of benzene rings is 2. The maximum absolute atomic E-state index is 12.6. The molecular weight excluding hydrogens is 344 g/mol. The third-order valence-corrected chi connectivity index (χ3v) is 4.87. The largest absolute Gasteiger partial charge is 0.392 e. The second-order valence-electron chi connectivity index (χ2n) is 6.50. The van der Waals surface area contributed by atoms with Gasteiger partial charge in [0.25, 0.3) is 11.5 Å². The smallest absolute Gasteiger partial charge is 0.326 e. The fourth-order valence-corrected chi connectivity index (χ4v) is 3.60. The van der Waals surface area contributed by atoms with E-state index in [0.717, 1.165) is 29.5 Å². The van der Waals surface area contributed by atoms with E-state index in [9.17, 15) is 14.4 Å². The molecule has 7 heteroatoms. The third kappa shape index (κ3) is 3.03. The molecule has 0 spiro atoms. The average Bonchev–Trinajstić information content (AvgIpc) is 3.08. The molecule has 0 saturated heterocycles. The molecule has 0 bridgehead atoms. The Hall–Kier alpha value is -3.61. The van der Waals surface area contributed by atoms with Gasteiger partial charge >= 0.3 is 5.69 Å². The van der Waals surface area contributed by atoms with E-state index in [1.165, 1.54) is 5.56 Å². The molecule has 7 nitrogen and oxygen atoms in total. The second-order valence-corrected chi connectivity index (χ2v) is 6.50. The molecule has 4 rings (SSSR count). The Morgan fingerprint density at radius 3 is 2.59 bits per heavy atom. The van der Waals surface area contributed by atoms with Crippen molar-refractivity contribution in [1.82, 2.24) is 15.3 Å². The Morgan fingerprint density at radius 1 is 1.04 bits per heavy atom. The summed E-state index contributed by atoms with van der Waals surface area (Å²) < 4.78 is 0. The summed E-state index contributed by atoms with van der Waals surface area (Å²) in [5.74, 6) is -0.571. The molecule has 1 unspecified atom stereocenters. The number of rotatable bonds is 3. The van der Waals surface area contributed by atoms with E-state index in [0.29, 0.717) is 0 Å². The summed E-state index contributed by atoms with van der Waals surface area (Å²) >= 11 is 0. The Labute approximate surface area is 154 Å². The van der Waals surface area contributed by atoms with Crippen LogP contribution in [0.4, 0.5) is 5.69 Å². The van der Waals surface area contributed by atoms with E-state index >= 15 is 0 Å². The van der Waals surface area contributed by atoms with Crippen LogP contribution in [0.2, 0.25) is 0 Å². The molecule has 0 radical (unpaired) electrons. The van der Waals surface area contributed by atoms with Gasteiger partial charge in [0.05, 0.1) is 6.04 Å². The number of amides is 1. The number of fused-ring (bicyclic) bond motifs is 1. The highest BCUT2D eigenvalue weighted by molar-refractivity contribution is 5.97. The van der Waals surface area contributed by atoms with Gasteiger partial charge in [-0.1, -0.05) is 48.5 Å². The van der Waals surface area contributed by atoms with Crippen molar-refractivity contribution in [1.29, 1.82) is 0 Å². The molecule has 1 atom stereocenters. The highest BCUT2D eigenvalue weighted by Crippen LogP contribution is 2.37. The summed E-state index contributed by atoms with van der Waals surface area (Å²) in [6.45, 7) is 0. The Morgan fingerprint density at radius 2 is 1.81 bits per heavy atom. The highest BCUT2D eigenvalue weighted by atomic mass is 16.2. The second kappa shape index (κ2) is 6.60. The SMILES string of the molecule is Nc1c(C(=O)NC2CCc3c(-c4ccccc4)cccc32)[nH]c(=O)[nH]c1=O. The van der Waals surface area contributed by atoms with Crippen LogP contribution in [0.1, 0.15) is 34.1 Å². The highest BCUT2D eigenvalue weighted by Gasteiger charge is 2.27. The summed E-state index contributed by atoms with van der Waals surface area (Å²) in [5.41, 5.74) is 8.10. The number of nitrogens with two attached hydrogens (primary N) is 1. The first-order valence-electron chi connectivity index (χ1n) is 8.64. The molecule has 3 aromatic rings. The predicted molar refractivity (Wildman–Crippen MR) is 103 cm³/mol. The zero-order valence-corrected chi connectivity index (χ0v) is 14.4. The average molecular weight is 362 g/mol. The molecule has 27 heavy (non-hydrogen) atoms. The minimum Gasteiger partial charge on any atom is -0.392 e. The summed E-state index contributed by atoms with van der Waals surface area (Å²) in [6.07, 6.45) is 1.56.